The van der Waals surface area contributed by atoms with Crippen LogP contribution in [-0.4, -0.2) is 31.5 Å². The minimum Gasteiger partial charge on any atom is -0.295 e. The second-order valence-corrected chi connectivity index (χ2v) is 6.72. The van der Waals surface area contributed by atoms with E-state index in [-0.39, 0.29) is 35.5 Å². The molecule has 10 nitrogen and oxygen atoms in total. The van der Waals surface area contributed by atoms with Crippen LogP contribution in [-0.2, 0) is 4.79 Å². The maximum Gasteiger partial charge on any atom is 0.269 e. The first-order chi connectivity index (χ1) is 13.9. The number of fused-ring (bicyclic) bond motifs is 1. The normalized spacial score (nSPS) is 15.3. The van der Waals surface area contributed by atoms with Crippen molar-refractivity contribution in [3.63, 3.8) is 0 Å². The summed E-state index contributed by atoms with van der Waals surface area (Å²) in [5.41, 5.74) is 0.913. The molecule has 2 heterocycles. The van der Waals surface area contributed by atoms with Gasteiger partial charge in [0.15, 0.2) is 0 Å². The number of nitro groups is 1. The highest BCUT2D eigenvalue weighted by atomic mass is 35.5. The second kappa shape index (κ2) is 7.32. The molecule has 0 bridgehead atoms. The molecule has 1 aliphatic rings. The number of rotatable bonds is 4. The number of carbonyl (C=O) groups is 2. The van der Waals surface area contributed by atoms with Gasteiger partial charge in [-0.1, -0.05) is 23.7 Å². The van der Waals surface area contributed by atoms with E-state index in [4.69, 9.17) is 11.6 Å². The number of amides is 2. The Labute approximate surface area is 168 Å². The maximum absolute atomic E-state index is 12.4. The Hall–Kier alpha value is -3.79. The number of aromatic nitrogens is 3. The molecule has 2 N–H and O–H groups in total. The Bertz CT molecular complexity index is 1110. The van der Waals surface area contributed by atoms with Crippen LogP contribution in [0.15, 0.2) is 48.5 Å². The van der Waals surface area contributed by atoms with E-state index >= 15 is 0 Å². The molecule has 3 aromatic rings. The first-order valence-electron chi connectivity index (χ1n) is 8.48. The lowest BCUT2D eigenvalue weighted by Gasteiger charge is -2.23. The van der Waals surface area contributed by atoms with Crippen LogP contribution in [0.1, 0.15) is 28.4 Å². The fraction of sp³-hybridized carbons (Fsp3) is 0.111. The van der Waals surface area contributed by atoms with Crippen molar-refractivity contribution >= 4 is 41.0 Å². The van der Waals surface area contributed by atoms with Crippen LogP contribution in [0.3, 0.4) is 0 Å². The number of nitro benzene ring substituents is 1. The SMILES string of the molecule is O=C1CC(c2ccc(Cl)cc2)n2nc(NC(=O)c3ccc([N+](=O)[O-])cc3)nc2N1. The second-order valence-electron chi connectivity index (χ2n) is 6.28. The minimum absolute atomic E-state index is 0.00418. The van der Waals surface area contributed by atoms with E-state index in [1.807, 2.05) is 0 Å². The van der Waals surface area contributed by atoms with Gasteiger partial charge in [0.1, 0.15) is 0 Å². The van der Waals surface area contributed by atoms with Crippen molar-refractivity contribution in [2.45, 2.75) is 12.5 Å². The quantitative estimate of drug-likeness (QED) is 0.500. The summed E-state index contributed by atoms with van der Waals surface area (Å²) < 4.78 is 1.52. The molecule has 1 aliphatic heterocycles. The number of hydrogen-bond donors (Lipinski definition) is 2. The number of nitrogens with one attached hydrogen (secondary N) is 2. The lowest BCUT2D eigenvalue weighted by molar-refractivity contribution is -0.384. The Morgan fingerprint density at radius 1 is 1.21 bits per heavy atom. The molecule has 0 spiro atoms. The summed E-state index contributed by atoms with van der Waals surface area (Å²) in [4.78, 5) is 38.8. The maximum atomic E-state index is 12.4. The van der Waals surface area contributed by atoms with Gasteiger partial charge in [0, 0.05) is 22.7 Å². The molecule has 1 aromatic heterocycles. The molecule has 0 saturated carbocycles. The molecule has 2 aromatic carbocycles. The van der Waals surface area contributed by atoms with E-state index in [0.717, 1.165) is 5.56 Å². The fourth-order valence-corrected chi connectivity index (χ4v) is 3.09. The van der Waals surface area contributed by atoms with Gasteiger partial charge in [-0.2, -0.15) is 4.98 Å². The van der Waals surface area contributed by atoms with Gasteiger partial charge in [-0.05, 0) is 29.8 Å². The van der Waals surface area contributed by atoms with E-state index in [1.54, 1.807) is 24.3 Å². The molecule has 0 aliphatic carbocycles. The van der Waals surface area contributed by atoms with Crippen molar-refractivity contribution < 1.29 is 14.5 Å². The summed E-state index contributed by atoms with van der Waals surface area (Å²) in [7, 11) is 0. The van der Waals surface area contributed by atoms with Crippen molar-refractivity contribution in [2.24, 2.45) is 0 Å². The van der Waals surface area contributed by atoms with E-state index in [2.05, 4.69) is 20.7 Å². The Morgan fingerprint density at radius 2 is 1.90 bits per heavy atom. The van der Waals surface area contributed by atoms with Gasteiger partial charge in [0.2, 0.25) is 11.9 Å². The predicted molar refractivity (Wildman–Crippen MR) is 104 cm³/mol. The molecule has 4 rings (SSSR count). The zero-order valence-electron chi connectivity index (χ0n) is 14.7. The van der Waals surface area contributed by atoms with E-state index in [1.165, 1.54) is 28.9 Å². The van der Waals surface area contributed by atoms with E-state index in [0.29, 0.717) is 5.02 Å². The Morgan fingerprint density at radius 3 is 2.55 bits per heavy atom. The lowest BCUT2D eigenvalue weighted by Crippen LogP contribution is -2.29. The average molecular weight is 413 g/mol. The van der Waals surface area contributed by atoms with E-state index < -0.39 is 16.9 Å². The largest absolute Gasteiger partial charge is 0.295 e. The first-order valence-corrected chi connectivity index (χ1v) is 8.86. The zero-order valence-corrected chi connectivity index (χ0v) is 15.5. The van der Waals surface area contributed by atoms with Crippen LogP contribution in [0.4, 0.5) is 17.6 Å². The highest BCUT2D eigenvalue weighted by Gasteiger charge is 2.29. The van der Waals surface area contributed by atoms with Crippen molar-refractivity contribution in [2.75, 3.05) is 10.6 Å². The van der Waals surface area contributed by atoms with Gasteiger partial charge in [-0.25, -0.2) is 4.68 Å². The number of benzene rings is 2. The number of carbonyl (C=O) groups excluding carboxylic acids is 2. The Balaban J connectivity index is 1.58. The standard InChI is InChI=1S/C18H13ClN6O4/c19-12-5-1-10(2-6-12)14-9-15(26)20-18-22-17(23-24(14)18)21-16(27)11-3-7-13(8-4-11)25(28)29/h1-8,14H,9H2,(H2,20,21,22,23,26,27). The van der Waals surface area contributed by atoms with Crippen molar-refractivity contribution in [3.8, 4) is 0 Å². The predicted octanol–water partition coefficient (Wildman–Crippen LogP) is 3.02. The number of nitrogens with zero attached hydrogens (tertiary/aromatic N) is 4. The van der Waals surface area contributed by atoms with Crippen LogP contribution < -0.4 is 10.6 Å². The molecule has 29 heavy (non-hydrogen) atoms. The van der Waals surface area contributed by atoms with Crippen LogP contribution >= 0.6 is 11.6 Å². The van der Waals surface area contributed by atoms with Gasteiger partial charge in [-0.3, -0.25) is 30.3 Å². The first kappa shape index (κ1) is 18.6. The Kier molecular flexibility index (Phi) is 4.69. The van der Waals surface area contributed by atoms with Crippen molar-refractivity contribution in [3.05, 3.63) is 74.8 Å². The summed E-state index contributed by atoms with van der Waals surface area (Å²) >= 11 is 5.93. The van der Waals surface area contributed by atoms with Crippen LogP contribution in [0.2, 0.25) is 5.02 Å². The summed E-state index contributed by atoms with van der Waals surface area (Å²) in [6.45, 7) is 0. The minimum atomic E-state index is -0.549. The smallest absolute Gasteiger partial charge is 0.269 e. The van der Waals surface area contributed by atoms with Gasteiger partial charge >= 0.3 is 0 Å². The topological polar surface area (TPSA) is 132 Å². The van der Waals surface area contributed by atoms with Gasteiger partial charge in [0.25, 0.3) is 17.5 Å². The number of halogens is 1. The number of non-ortho nitro benzene ring substituents is 1. The third-order valence-corrected chi connectivity index (χ3v) is 4.63. The number of anilines is 2. The van der Waals surface area contributed by atoms with Crippen molar-refractivity contribution in [1.29, 1.82) is 0 Å². The summed E-state index contributed by atoms with van der Waals surface area (Å²) in [6, 6.07) is 11.8. The van der Waals surface area contributed by atoms with Crippen LogP contribution in [0.25, 0.3) is 0 Å². The summed E-state index contributed by atoms with van der Waals surface area (Å²) in [6.07, 6.45) is 0.160. The van der Waals surface area contributed by atoms with Gasteiger partial charge in [-0.15, -0.1) is 5.10 Å². The lowest BCUT2D eigenvalue weighted by atomic mass is 10.0. The molecule has 0 fully saturated rings. The number of hydrogen-bond acceptors (Lipinski definition) is 6. The highest BCUT2D eigenvalue weighted by Crippen LogP contribution is 2.30. The van der Waals surface area contributed by atoms with Gasteiger partial charge in [0.05, 0.1) is 17.4 Å². The highest BCUT2D eigenvalue weighted by molar-refractivity contribution is 6.30. The zero-order chi connectivity index (χ0) is 20.5. The molecule has 11 heteroatoms. The molecule has 2 amide bonds. The average Bonchev–Trinajstić information content (AvgIpc) is 3.10. The van der Waals surface area contributed by atoms with Crippen molar-refractivity contribution in [1.82, 2.24) is 14.8 Å². The van der Waals surface area contributed by atoms with Gasteiger partial charge < -0.3 is 0 Å². The molecule has 146 valence electrons. The third-order valence-electron chi connectivity index (χ3n) is 4.38. The van der Waals surface area contributed by atoms with Crippen LogP contribution in [0.5, 0.6) is 0 Å². The molecular weight excluding hydrogens is 400 g/mol. The monoisotopic (exact) mass is 412 g/mol. The summed E-state index contributed by atoms with van der Waals surface area (Å²) in [5, 5.41) is 20.7. The third kappa shape index (κ3) is 3.78. The molecule has 1 atom stereocenters. The molecule has 1 unspecified atom stereocenters. The molecule has 0 radical (unpaired) electrons. The summed E-state index contributed by atoms with van der Waals surface area (Å²) in [5.74, 6) is -0.542. The van der Waals surface area contributed by atoms with Crippen LogP contribution in [0, 0.1) is 10.1 Å². The fourth-order valence-electron chi connectivity index (χ4n) is 2.97. The van der Waals surface area contributed by atoms with E-state index in [9.17, 15) is 19.7 Å². The molecular formula is C18H13ClN6O4. The molecule has 0 saturated heterocycles.